The Kier molecular flexibility index (Phi) is 5.04. The Morgan fingerprint density at radius 3 is 2.43 bits per heavy atom. The van der Waals surface area contributed by atoms with Crippen molar-refractivity contribution in [3.63, 3.8) is 0 Å². The maximum Gasteiger partial charge on any atom is 0.226 e. The number of nitrogens with zero attached hydrogens (tertiary/aromatic N) is 1. The lowest BCUT2D eigenvalue weighted by Crippen LogP contribution is -2.52. The van der Waals surface area contributed by atoms with Gasteiger partial charge in [0.2, 0.25) is 5.91 Å². The topological polar surface area (TPSA) is 46.6 Å². The quantitative estimate of drug-likeness (QED) is 0.681. The van der Waals surface area contributed by atoms with Crippen molar-refractivity contribution in [3.05, 3.63) is 63.1 Å². The Morgan fingerprint density at radius 2 is 1.75 bits per heavy atom. The molecule has 4 rings (SSSR count). The van der Waals surface area contributed by atoms with Crippen LogP contribution in [-0.2, 0) is 11.2 Å². The maximum atomic E-state index is 12.7. The molecule has 2 heterocycles. The molecular formula is C23H24BrNO3. The van der Waals surface area contributed by atoms with E-state index in [1.54, 1.807) is 0 Å². The largest absolute Gasteiger partial charge is 0.486 e. The molecule has 2 aliphatic rings. The van der Waals surface area contributed by atoms with Crippen molar-refractivity contribution in [2.75, 3.05) is 13.1 Å². The summed E-state index contributed by atoms with van der Waals surface area (Å²) in [6.45, 7) is 5.31. The van der Waals surface area contributed by atoms with Crippen LogP contribution in [0.25, 0.3) is 0 Å². The number of Topliss-reactive ketones (excluding diaryl/α,β-unsaturated/α-hetero) is 1. The summed E-state index contributed by atoms with van der Waals surface area (Å²) in [5, 5.41) is 0. The van der Waals surface area contributed by atoms with Gasteiger partial charge >= 0.3 is 0 Å². The monoisotopic (exact) mass is 441 g/mol. The Labute approximate surface area is 174 Å². The van der Waals surface area contributed by atoms with Gasteiger partial charge in [0, 0.05) is 30.4 Å². The van der Waals surface area contributed by atoms with Crippen molar-refractivity contribution in [1.29, 1.82) is 0 Å². The predicted octanol–water partition coefficient (Wildman–Crippen LogP) is 4.64. The highest BCUT2D eigenvalue weighted by Gasteiger charge is 2.43. The predicted molar refractivity (Wildman–Crippen MR) is 112 cm³/mol. The van der Waals surface area contributed by atoms with Crippen LogP contribution in [0.15, 0.2) is 40.9 Å². The minimum absolute atomic E-state index is 0.131. The smallest absolute Gasteiger partial charge is 0.226 e. The molecular weight excluding hydrogens is 418 g/mol. The SMILES string of the molecule is Cc1cc2c(cc1C)C(=O)CC1(CCN(C(=O)Cc3ccc(Br)cc3)CC1)O2. The Hall–Kier alpha value is -2.14. The van der Waals surface area contributed by atoms with Gasteiger partial charge in [-0.3, -0.25) is 9.59 Å². The Bertz CT molecular complexity index is 928. The standard InChI is InChI=1S/C23H24BrNO3/c1-15-11-19-20(26)14-23(28-21(19)12-16(15)2)7-9-25(10-8-23)22(27)13-17-3-5-18(24)6-4-17/h3-6,11-12H,7-10,13-14H2,1-2H3. The number of hydrogen-bond donors (Lipinski definition) is 0. The number of piperidine rings is 1. The summed E-state index contributed by atoms with van der Waals surface area (Å²) >= 11 is 3.42. The lowest BCUT2D eigenvalue weighted by molar-refractivity contribution is -0.134. The van der Waals surface area contributed by atoms with Crippen LogP contribution in [0.4, 0.5) is 0 Å². The van der Waals surface area contributed by atoms with Gasteiger partial charge in [-0.05, 0) is 54.8 Å². The minimum Gasteiger partial charge on any atom is -0.486 e. The van der Waals surface area contributed by atoms with E-state index in [0.717, 1.165) is 21.2 Å². The molecule has 0 N–H and O–H groups in total. The molecule has 146 valence electrons. The fourth-order valence-corrected chi connectivity index (χ4v) is 4.34. The number of carbonyl (C=O) groups is 2. The first-order valence-electron chi connectivity index (χ1n) is 9.71. The highest BCUT2D eigenvalue weighted by molar-refractivity contribution is 9.10. The van der Waals surface area contributed by atoms with Crippen molar-refractivity contribution in [2.45, 2.75) is 45.1 Å². The molecule has 0 saturated carbocycles. The van der Waals surface area contributed by atoms with Crippen molar-refractivity contribution in [3.8, 4) is 5.75 Å². The third-order valence-corrected chi connectivity index (χ3v) is 6.53. The summed E-state index contributed by atoms with van der Waals surface area (Å²) in [7, 11) is 0. The van der Waals surface area contributed by atoms with Crippen molar-refractivity contribution in [2.24, 2.45) is 0 Å². The average molecular weight is 442 g/mol. The molecule has 1 amide bonds. The van der Waals surface area contributed by atoms with E-state index in [4.69, 9.17) is 4.74 Å². The number of fused-ring (bicyclic) bond motifs is 1. The first-order chi connectivity index (χ1) is 13.3. The number of hydrogen-bond acceptors (Lipinski definition) is 3. The van der Waals surface area contributed by atoms with Gasteiger partial charge in [-0.25, -0.2) is 0 Å². The van der Waals surface area contributed by atoms with Crippen molar-refractivity contribution < 1.29 is 14.3 Å². The summed E-state index contributed by atoms with van der Waals surface area (Å²) in [4.78, 5) is 27.3. The van der Waals surface area contributed by atoms with Crippen LogP contribution in [0.5, 0.6) is 5.75 Å². The maximum absolute atomic E-state index is 12.7. The van der Waals surface area contributed by atoms with Crippen LogP contribution in [0.2, 0.25) is 0 Å². The highest BCUT2D eigenvalue weighted by Crippen LogP contribution is 2.40. The molecule has 0 radical (unpaired) electrons. The zero-order chi connectivity index (χ0) is 19.9. The van der Waals surface area contributed by atoms with Crippen LogP contribution >= 0.6 is 15.9 Å². The van der Waals surface area contributed by atoms with E-state index < -0.39 is 5.60 Å². The molecule has 4 nitrogen and oxygen atoms in total. The first kappa shape index (κ1) is 19.2. The molecule has 0 bridgehead atoms. The van der Waals surface area contributed by atoms with Gasteiger partial charge in [-0.1, -0.05) is 28.1 Å². The van der Waals surface area contributed by atoms with E-state index >= 15 is 0 Å². The molecule has 0 unspecified atom stereocenters. The molecule has 1 fully saturated rings. The molecule has 0 aliphatic carbocycles. The number of ether oxygens (including phenoxy) is 1. The summed E-state index contributed by atoms with van der Waals surface area (Å²) < 4.78 is 7.37. The fraction of sp³-hybridized carbons (Fsp3) is 0.391. The van der Waals surface area contributed by atoms with Gasteiger partial charge in [0.15, 0.2) is 5.78 Å². The average Bonchev–Trinajstić information content (AvgIpc) is 2.66. The molecule has 5 heteroatoms. The molecule has 1 saturated heterocycles. The number of rotatable bonds is 2. The lowest BCUT2D eigenvalue weighted by atomic mass is 9.82. The van der Waals surface area contributed by atoms with Gasteiger partial charge in [0.25, 0.3) is 0 Å². The number of amides is 1. The van der Waals surface area contributed by atoms with Gasteiger partial charge in [-0.2, -0.15) is 0 Å². The van der Waals surface area contributed by atoms with Gasteiger partial charge in [0.05, 0.1) is 18.4 Å². The number of aryl methyl sites for hydroxylation is 2. The van der Waals surface area contributed by atoms with Crippen LogP contribution in [-0.4, -0.2) is 35.3 Å². The summed E-state index contributed by atoms with van der Waals surface area (Å²) in [6, 6.07) is 11.8. The normalized spacial score (nSPS) is 18.0. The van der Waals surface area contributed by atoms with Crippen molar-refractivity contribution in [1.82, 2.24) is 4.90 Å². The summed E-state index contributed by atoms with van der Waals surface area (Å²) in [6.07, 6.45) is 2.19. The first-order valence-corrected chi connectivity index (χ1v) is 10.5. The molecule has 2 aromatic carbocycles. The Balaban J connectivity index is 1.43. The minimum atomic E-state index is -0.472. The number of ketones is 1. The zero-order valence-electron chi connectivity index (χ0n) is 16.3. The van der Waals surface area contributed by atoms with Crippen molar-refractivity contribution >= 4 is 27.6 Å². The van der Waals surface area contributed by atoms with E-state index in [2.05, 4.69) is 15.9 Å². The van der Waals surface area contributed by atoms with E-state index in [1.807, 2.05) is 55.1 Å². The van der Waals surface area contributed by atoms with Crippen LogP contribution in [0.1, 0.15) is 46.3 Å². The highest BCUT2D eigenvalue weighted by atomic mass is 79.9. The van der Waals surface area contributed by atoms with E-state index in [9.17, 15) is 9.59 Å². The van der Waals surface area contributed by atoms with Crippen LogP contribution in [0.3, 0.4) is 0 Å². The summed E-state index contributed by atoms with van der Waals surface area (Å²) in [5.74, 6) is 0.985. The number of halogens is 1. The molecule has 28 heavy (non-hydrogen) atoms. The molecule has 2 aromatic rings. The number of benzene rings is 2. The second-order valence-corrected chi connectivity index (χ2v) is 8.92. The Morgan fingerprint density at radius 1 is 1.11 bits per heavy atom. The second kappa shape index (κ2) is 7.36. The van der Waals surface area contributed by atoms with E-state index in [1.165, 1.54) is 0 Å². The molecule has 0 atom stereocenters. The third kappa shape index (κ3) is 3.72. The second-order valence-electron chi connectivity index (χ2n) is 8.00. The number of likely N-dealkylation sites (tertiary alicyclic amines) is 1. The van der Waals surface area contributed by atoms with Crippen LogP contribution < -0.4 is 4.74 Å². The van der Waals surface area contributed by atoms with E-state index in [0.29, 0.717) is 50.1 Å². The molecule has 1 spiro atoms. The number of carbonyl (C=O) groups excluding carboxylic acids is 2. The van der Waals surface area contributed by atoms with E-state index in [-0.39, 0.29) is 11.7 Å². The molecule has 2 aliphatic heterocycles. The summed E-state index contributed by atoms with van der Waals surface area (Å²) in [5.41, 5.74) is 3.48. The van der Waals surface area contributed by atoms with Gasteiger partial charge < -0.3 is 9.64 Å². The zero-order valence-corrected chi connectivity index (χ0v) is 17.8. The lowest BCUT2D eigenvalue weighted by Gasteiger charge is -2.44. The van der Waals surface area contributed by atoms with Gasteiger partial charge in [0.1, 0.15) is 11.4 Å². The fourth-order valence-electron chi connectivity index (χ4n) is 4.08. The third-order valence-electron chi connectivity index (χ3n) is 6.00. The molecule has 0 aromatic heterocycles. The van der Waals surface area contributed by atoms with Crippen LogP contribution in [0, 0.1) is 13.8 Å². The van der Waals surface area contributed by atoms with Gasteiger partial charge in [-0.15, -0.1) is 0 Å².